The molecule has 0 aliphatic rings. The summed E-state index contributed by atoms with van der Waals surface area (Å²) in [6, 6.07) is 6.40. The number of methoxy groups -OCH3 is 1. The van der Waals surface area contributed by atoms with Gasteiger partial charge in [0.25, 0.3) is 0 Å². The van der Waals surface area contributed by atoms with Gasteiger partial charge in [0.15, 0.2) is 11.5 Å². The molecule has 0 aliphatic heterocycles. The number of rotatable bonds is 3. The third kappa shape index (κ3) is 3.06. The Morgan fingerprint density at radius 1 is 1.32 bits per heavy atom. The molecule has 8 heteroatoms. The molecule has 1 amide bonds. The van der Waals surface area contributed by atoms with Crippen molar-refractivity contribution in [3.05, 3.63) is 47.0 Å². The molecule has 25 heavy (non-hydrogen) atoms. The fraction of sp³-hybridized carbons (Fsp3) is 0.118. The van der Waals surface area contributed by atoms with Crippen molar-refractivity contribution in [1.82, 2.24) is 9.97 Å². The first kappa shape index (κ1) is 16.9. The summed E-state index contributed by atoms with van der Waals surface area (Å²) in [6.45, 7) is 1.29. The maximum Gasteiger partial charge on any atom is 0.358 e. The van der Waals surface area contributed by atoms with Gasteiger partial charge in [0.2, 0.25) is 5.91 Å². The number of carbonyl (C=O) groups excluding carboxylic acids is 2. The van der Waals surface area contributed by atoms with E-state index in [2.05, 4.69) is 20.0 Å². The summed E-state index contributed by atoms with van der Waals surface area (Å²) in [5.41, 5.74) is 0.544. The number of hydrogen-bond donors (Lipinski definition) is 2. The third-order valence-corrected chi connectivity index (χ3v) is 3.97. The van der Waals surface area contributed by atoms with Crippen molar-refractivity contribution < 1.29 is 18.7 Å². The lowest BCUT2D eigenvalue weighted by Gasteiger charge is -2.12. The van der Waals surface area contributed by atoms with Gasteiger partial charge in [-0.05, 0) is 18.2 Å². The largest absolute Gasteiger partial charge is 0.464 e. The maximum absolute atomic E-state index is 14.8. The summed E-state index contributed by atoms with van der Waals surface area (Å²) >= 11 is 6.13. The number of aromatic amines is 1. The molecule has 3 aromatic rings. The van der Waals surface area contributed by atoms with Crippen molar-refractivity contribution in [2.24, 2.45) is 0 Å². The monoisotopic (exact) mass is 361 g/mol. The second-order valence-electron chi connectivity index (χ2n) is 5.26. The Hall–Kier alpha value is -2.93. The molecule has 0 saturated heterocycles. The topological polar surface area (TPSA) is 84.1 Å². The van der Waals surface area contributed by atoms with Crippen molar-refractivity contribution >= 4 is 40.1 Å². The molecule has 2 aromatic heterocycles. The second kappa shape index (κ2) is 6.52. The summed E-state index contributed by atoms with van der Waals surface area (Å²) in [4.78, 5) is 30.3. The highest BCUT2D eigenvalue weighted by Crippen LogP contribution is 2.33. The van der Waals surface area contributed by atoms with Crippen LogP contribution in [0.4, 0.5) is 10.1 Å². The number of amides is 1. The Kier molecular flexibility index (Phi) is 4.41. The number of aromatic nitrogens is 2. The van der Waals surface area contributed by atoms with Gasteiger partial charge in [-0.15, -0.1) is 0 Å². The van der Waals surface area contributed by atoms with Crippen molar-refractivity contribution in [1.29, 1.82) is 0 Å². The van der Waals surface area contributed by atoms with Gasteiger partial charge in [-0.2, -0.15) is 0 Å². The zero-order chi connectivity index (χ0) is 18.1. The van der Waals surface area contributed by atoms with E-state index < -0.39 is 17.7 Å². The first-order valence-electron chi connectivity index (χ1n) is 7.24. The average Bonchev–Trinajstić information content (AvgIpc) is 3.05. The molecule has 0 radical (unpaired) electrons. The van der Waals surface area contributed by atoms with Crippen LogP contribution in [0.25, 0.3) is 22.2 Å². The van der Waals surface area contributed by atoms with Gasteiger partial charge in [-0.25, -0.2) is 14.2 Å². The number of anilines is 1. The smallest absolute Gasteiger partial charge is 0.358 e. The number of benzene rings is 1. The van der Waals surface area contributed by atoms with Gasteiger partial charge in [-0.3, -0.25) is 4.79 Å². The molecule has 2 N–H and O–H groups in total. The van der Waals surface area contributed by atoms with Gasteiger partial charge < -0.3 is 15.0 Å². The van der Waals surface area contributed by atoms with Crippen molar-refractivity contribution in [2.75, 3.05) is 12.4 Å². The predicted molar refractivity (Wildman–Crippen MR) is 92.1 cm³/mol. The number of nitrogens with zero attached hydrogens (tertiary/aromatic N) is 1. The van der Waals surface area contributed by atoms with Gasteiger partial charge in [0, 0.05) is 24.1 Å². The molecule has 0 bridgehead atoms. The quantitative estimate of drug-likeness (QED) is 0.695. The number of carbonyl (C=O) groups is 2. The Morgan fingerprint density at radius 2 is 2.08 bits per heavy atom. The Bertz CT molecular complexity index is 1000. The summed E-state index contributed by atoms with van der Waals surface area (Å²) in [5.74, 6) is -1.71. The van der Waals surface area contributed by atoms with Gasteiger partial charge in [-0.1, -0.05) is 17.7 Å². The number of H-pyrrole nitrogens is 1. The first-order valence-corrected chi connectivity index (χ1v) is 7.62. The van der Waals surface area contributed by atoms with E-state index in [0.717, 1.165) is 0 Å². The Labute approximate surface area is 147 Å². The molecule has 1 aromatic carbocycles. The first-order chi connectivity index (χ1) is 11.9. The van der Waals surface area contributed by atoms with E-state index in [1.165, 1.54) is 20.1 Å². The van der Waals surface area contributed by atoms with Crippen LogP contribution in [0.3, 0.4) is 0 Å². The zero-order valence-corrected chi connectivity index (χ0v) is 14.1. The highest BCUT2D eigenvalue weighted by molar-refractivity contribution is 6.36. The van der Waals surface area contributed by atoms with Crippen molar-refractivity contribution in [3.63, 3.8) is 0 Å². The molecule has 0 unspecified atom stereocenters. The van der Waals surface area contributed by atoms with E-state index in [1.807, 2.05) is 0 Å². The van der Waals surface area contributed by atoms with E-state index in [-0.39, 0.29) is 27.7 Å². The van der Waals surface area contributed by atoms with Crippen LogP contribution in [0.5, 0.6) is 0 Å². The normalized spacial score (nSPS) is 10.7. The number of esters is 1. The molecule has 0 fully saturated rings. The van der Waals surface area contributed by atoms with Crippen LogP contribution in [-0.4, -0.2) is 29.0 Å². The average molecular weight is 362 g/mol. The molecule has 128 valence electrons. The summed E-state index contributed by atoms with van der Waals surface area (Å²) in [6.07, 6.45) is 1.62. The lowest BCUT2D eigenvalue weighted by Crippen LogP contribution is -2.12. The van der Waals surface area contributed by atoms with Crippen LogP contribution in [-0.2, 0) is 9.53 Å². The highest BCUT2D eigenvalue weighted by atomic mass is 35.5. The van der Waals surface area contributed by atoms with Crippen LogP contribution >= 0.6 is 11.6 Å². The molecule has 0 saturated carbocycles. The standard InChI is InChI=1S/C17H13ClFN3O3/c1-8(23)21-12-7-11(22-16(13(12)18)17(24)25-2)10-4-3-9-5-6-20-15(9)14(10)19/h3-7,20H,1-2H3,(H,21,22,23). The molecule has 6 nitrogen and oxygen atoms in total. The molecule has 0 aliphatic carbocycles. The summed E-state index contributed by atoms with van der Waals surface area (Å²) < 4.78 is 19.4. The van der Waals surface area contributed by atoms with Gasteiger partial charge in [0.05, 0.1) is 29.0 Å². The van der Waals surface area contributed by atoms with Gasteiger partial charge >= 0.3 is 5.97 Å². The van der Waals surface area contributed by atoms with E-state index in [0.29, 0.717) is 10.9 Å². The van der Waals surface area contributed by atoms with E-state index >= 15 is 0 Å². The minimum absolute atomic E-state index is 0.0767. The van der Waals surface area contributed by atoms with Crippen molar-refractivity contribution in [3.8, 4) is 11.3 Å². The fourth-order valence-electron chi connectivity index (χ4n) is 2.47. The number of fused-ring (bicyclic) bond motifs is 1. The van der Waals surface area contributed by atoms with E-state index in [9.17, 15) is 14.0 Å². The van der Waals surface area contributed by atoms with E-state index in [4.69, 9.17) is 11.6 Å². The Morgan fingerprint density at radius 3 is 2.76 bits per heavy atom. The second-order valence-corrected chi connectivity index (χ2v) is 5.64. The minimum atomic E-state index is -0.792. The number of ether oxygens (including phenoxy) is 1. The van der Waals surface area contributed by atoms with Crippen LogP contribution in [0, 0.1) is 5.82 Å². The maximum atomic E-state index is 14.8. The number of nitrogens with one attached hydrogen (secondary N) is 2. The number of pyridine rings is 1. The summed E-state index contributed by atoms with van der Waals surface area (Å²) in [5, 5.41) is 3.13. The van der Waals surface area contributed by atoms with Crippen LogP contribution in [0.15, 0.2) is 30.5 Å². The molecular formula is C17H13ClFN3O3. The van der Waals surface area contributed by atoms with E-state index in [1.54, 1.807) is 24.4 Å². The number of halogens is 2. The minimum Gasteiger partial charge on any atom is -0.464 e. The number of hydrogen-bond acceptors (Lipinski definition) is 4. The molecule has 0 spiro atoms. The summed E-state index contributed by atoms with van der Waals surface area (Å²) in [7, 11) is 1.18. The predicted octanol–water partition coefficient (Wildman–Crippen LogP) is 3.77. The molecule has 2 heterocycles. The fourth-order valence-corrected chi connectivity index (χ4v) is 2.69. The molecule has 0 atom stereocenters. The van der Waals surface area contributed by atoms with Crippen LogP contribution in [0.1, 0.15) is 17.4 Å². The van der Waals surface area contributed by atoms with Crippen LogP contribution in [0.2, 0.25) is 5.02 Å². The van der Waals surface area contributed by atoms with Crippen LogP contribution < -0.4 is 5.32 Å². The van der Waals surface area contributed by atoms with Gasteiger partial charge in [0.1, 0.15) is 0 Å². The molecule has 3 rings (SSSR count). The highest BCUT2D eigenvalue weighted by Gasteiger charge is 2.21. The zero-order valence-electron chi connectivity index (χ0n) is 13.3. The molecular weight excluding hydrogens is 349 g/mol. The third-order valence-electron chi connectivity index (χ3n) is 3.59. The Balaban J connectivity index is 2.24. The lowest BCUT2D eigenvalue weighted by molar-refractivity contribution is -0.114. The van der Waals surface area contributed by atoms with Crippen molar-refractivity contribution in [2.45, 2.75) is 6.92 Å². The SMILES string of the molecule is COC(=O)c1nc(-c2ccc3cc[nH]c3c2F)cc(NC(C)=O)c1Cl. The lowest BCUT2D eigenvalue weighted by atomic mass is 10.1.